The van der Waals surface area contributed by atoms with Crippen LogP contribution in [0.3, 0.4) is 0 Å². The lowest BCUT2D eigenvalue weighted by atomic mass is 9.89. The normalized spacial score (nSPS) is 17.7. The average molecular weight is 198 g/mol. The molecule has 0 fully saturated rings. The Morgan fingerprint density at radius 3 is 2.79 bits per heavy atom. The molecule has 0 aliphatic heterocycles. The van der Waals surface area contributed by atoms with Crippen molar-refractivity contribution in [3.63, 3.8) is 0 Å². The first-order valence-corrected chi connectivity index (χ1v) is 4.71. The van der Waals surface area contributed by atoms with Gasteiger partial charge in [-0.15, -0.1) is 0 Å². The van der Waals surface area contributed by atoms with Crippen molar-refractivity contribution >= 4 is 0 Å². The van der Waals surface area contributed by atoms with Crippen LogP contribution in [0.2, 0.25) is 0 Å². The second-order valence-electron chi connectivity index (χ2n) is 3.53. The summed E-state index contributed by atoms with van der Waals surface area (Å²) in [5, 5.41) is 0. The number of methoxy groups -OCH3 is 1. The molecule has 1 aromatic rings. The van der Waals surface area contributed by atoms with E-state index in [0.29, 0.717) is 0 Å². The number of hydrogen-bond donors (Lipinski definition) is 2. The number of hydrazine groups is 1. The van der Waals surface area contributed by atoms with E-state index >= 15 is 0 Å². The zero-order chi connectivity index (χ0) is 10.6. The van der Waals surface area contributed by atoms with E-state index in [2.05, 4.69) is 12.3 Å². The summed E-state index contributed by atoms with van der Waals surface area (Å²) >= 11 is 0. The summed E-state index contributed by atoms with van der Waals surface area (Å²) in [6.07, 6.45) is 4.17. The molecular formula is C10H18N2O2. The average Bonchev–Trinajstić information content (AvgIpc) is 2.72. The quantitative estimate of drug-likeness (QED) is 0.557. The van der Waals surface area contributed by atoms with Gasteiger partial charge in [0.2, 0.25) is 0 Å². The highest BCUT2D eigenvalue weighted by Gasteiger charge is 2.33. The Bertz CT molecular complexity index is 255. The molecule has 1 heterocycles. The Labute approximate surface area is 84.4 Å². The van der Waals surface area contributed by atoms with Crippen LogP contribution in [0.15, 0.2) is 23.0 Å². The molecule has 2 unspecified atom stereocenters. The van der Waals surface area contributed by atoms with Gasteiger partial charge >= 0.3 is 0 Å². The zero-order valence-corrected chi connectivity index (χ0v) is 8.91. The van der Waals surface area contributed by atoms with E-state index in [1.807, 2.05) is 13.0 Å². The third-order valence-electron chi connectivity index (χ3n) is 2.82. The monoisotopic (exact) mass is 198 g/mol. The molecular weight excluding hydrogens is 180 g/mol. The SMILES string of the molecule is CCC(C)(OC)C(NN)c1ccoc1. The van der Waals surface area contributed by atoms with Gasteiger partial charge in [-0.25, -0.2) is 5.43 Å². The summed E-state index contributed by atoms with van der Waals surface area (Å²) < 4.78 is 10.5. The van der Waals surface area contributed by atoms with E-state index in [1.165, 1.54) is 0 Å². The van der Waals surface area contributed by atoms with Gasteiger partial charge in [-0.1, -0.05) is 6.92 Å². The molecule has 2 atom stereocenters. The smallest absolute Gasteiger partial charge is 0.0952 e. The Morgan fingerprint density at radius 1 is 1.71 bits per heavy atom. The highest BCUT2D eigenvalue weighted by Crippen LogP contribution is 2.30. The second kappa shape index (κ2) is 4.59. The number of ether oxygens (including phenoxy) is 1. The summed E-state index contributed by atoms with van der Waals surface area (Å²) in [5.41, 5.74) is 3.44. The Kier molecular flexibility index (Phi) is 3.69. The van der Waals surface area contributed by atoms with Crippen molar-refractivity contribution in [1.82, 2.24) is 5.43 Å². The lowest BCUT2D eigenvalue weighted by molar-refractivity contribution is -0.0301. The van der Waals surface area contributed by atoms with Crippen LogP contribution in [0.5, 0.6) is 0 Å². The summed E-state index contributed by atoms with van der Waals surface area (Å²) in [7, 11) is 1.69. The van der Waals surface area contributed by atoms with Crippen LogP contribution in [-0.4, -0.2) is 12.7 Å². The minimum atomic E-state index is -0.321. The predicted molar refractivity (Wildman–Crippen MR) is 54.5 cm³/mol. The van der Waals surface area contributed by atoms with Crippen LogP contribution in [0.1, 0.15) is 31.9 Å². The van der Waals surface area contributed by atoms with E-state index in [1.54, 1.807) is 19.6 Å². The maximum atomic E-state index is 5.53. The number of rotatable bonds is 5. The minimum absolute atomic E-state index is 0.0590. The fourth-order valence-electron chi connectivity index (χ4n) is 1.53. The lowest BCUT2D eigenvalue weighted by Crippen LogP contribution is -2.45. The van der Waals surface area contributed by atoms with E-state index in [9.17, 15) is 0 Å². The van der Waals surface area contributed by atoms with Gasteiger partial charge in [0, 0.05) is 12.7 Å². The third kappa shape index (κ3) is 1.97. The van der Waals surface area contributed by atoms with Gasteiger partial charge in [-0.05, 0) is 19.4 Å². The molecule has 0 saturated heterocycles. The van der Waals surface area contributed by atoms with E-state index in [4.69, 9.17) is 15.0 Å². The van der Waals surface area contributed by atoms with Crippen LogP contribution in [0.4, 0.5) is 0 Å². The molecule has 0 spiro atoms. The van der Waals surface area contributed by atoms with Gasteiger partial charge in [-0.3, -0.25) is 5.84 Å². The van der Waals surface area contributed by atoms with Gasteiger partial charge < -0.3 is 9.15 Å². The molecule has 80 valence electrons. The van der Waals surface area contributed by atoms with E-state index in [-0.39, 0.29) is 11.6 Å². The maximum absolute atomic E-state index is 5.53. The van der Waals surface area contributed by atoms with Crippen LogP contribution in [0.25, 0.3) is 0 Å². The molecule has 0 radical (unpaired) electrons. The third-order valence-corrected chi connectivity index (χ3v) is 2.82. The highest BCUT2D eigenvalue weighted by atomic mass is 16.5. The van der Waals surface area contributed by atoms with Crippen molar-refractivity contribution in [2.75, 3.05) is 7.11 Å². The first-order chi connectivity index (χ1) is 6.68. The summed E-state index contributed by atoms with van der Waals surface area (Å²) in [4.78, 5) is 0. The van der Waals surface area contributed by atoms with Crippen molar-refractivity contribution in [2.24, 2.45) is 5.84 Å². The second-order valence-corrected chi connectivity index (χ2v) is 3.53. The molecule has 0 aromatic carbocycles. The van der Waals surface area contributed by atoms with Gasteiger partial charge in [0.25, 0.3) is 0 Å². The molecule has 0 bridgehead atoms. The first-order valence-electron chi connectivity index (χ1n) is 4.71. The van der Waals surface area contributed by atoms with Crippen molar-refractivity contribution in [2.45, 2.75) is 31.9 Å². The number of furan rings is 1. The minimum Gasteiger partial charge on any atom is -0.472 e. The van der Waals surface area contributed by atoms with Gasteiger partial charge in [0.15, 0.2) is 0 Å². The standard InChI is InChI=1S/C10H18N2O2/c1-4-10(2,13-3)9(12-11)8-5-6-14-7-8/h5-7,9,12H,4,11H2,1-3H3. The van der Waals surface area contributed by atoms with Crippen molar-refractivity contribution in [1.29, 1.82) is 0 Å². The molecule has 1 aromatic heterocycles. The molecule has 4 nitrogen and oxygen atoms in total. The molecule has 0 aliphatic carbocycles. The highest BCUT2D eigenvalue weighted by molar-refractivity contribution is 5.15. The summed E-state index contributed by atoms with van der Waals surface area (Å²) in [6, 6.07) is 1.83. The maximum Gasteiger partial charge on any atom is 0.0952 e. The van der Waals surface area contributed by atoms with Crippen molar-refractivity contribution < 1.29 is 9.15 Å². The number of nitrogens with two attached hydrogens (primary N) is 1. The topological polar surface area (TPSA) is 60.4 Å². The number of hydrogen-bond acceptors (Lipinski definition) is 4. The molecule has 0 saturated carbocycles. The van der Waals surface area contributed by atoms with E-state index < -0.39 is 0 Å². The van der Waals surface area contributed by atoms with Crippen LogP contribution >= 0.6 is 0 Å². The molecule has 0 aliphatic rings. The Hall–Kier alpha value is -0.840. The van der Waals surface area contributed by atoms with Crippen LogP contribution in [0, 0.1) is 0 Å². The molecule has 0 amide bonds. The van der Waals surface area contributed by atoms with Gasteiger partial charge in [0.05, 0.1) is 24.2 Å². The fraction of sp³-hybridized carbons (Fsp3) is 0.600. The number of nitrogens with one attached hydrogen (secondary N) is 1. The summed E-state index contributed by atoms with van der Waals surface area (Å²) in [6.45, 7) is 4.08. The fourth-order valence-corrected chi connectivity index (χ4v) is 1.53. The van der Waals surface area contributed by atoms with E-state index in [0.717, 1.165) is 12.0 Å². The van der Waals surface area contributed by atoms with Crippen LogP contribution in [-0.2, 0) is 4.74 Å². The Balaban J connectivity index is 2.91. The van der Waals surface area contributed by atoms with Gasteiger partial charge in [-0.2, -0.15) is 0 Å². The lowest BCUT2D eigenvalue weighted by Gasteiger charge is -2.34. The molecule has 4 heteroatoms. The largest absolute Gasteiger partial charge is 0.472 e. The summed E-state index contributed by atoms with van der Waals surface area (Å²) in [5.74, 6) is 5.53. The molecule has 14 heavy (non-hydrogen) atoms. The van der Waals surface area contributed by atoms with Crippen LogP contribution < -0.4 is 11.3 Å². The van der Waals surface area contributed by atoms with Crippen molar-refractivity contribution in [3.05, 3.63) is 24.2 Å². The molecule has 1 rings (SSSR count). The molecule has 3 N–H and O–H groups in total. The van der Waals surface area contributed by atoms with Gasteiger partial charge in [0.1, 0.15) is 0 Å². The predicted octanol–water partition coefficient (Wildman–Crippen LogP) is 1.60. The first kappa shape index (κ1) is 11.2. The van der Waals surface area contributed by atoms with Crippen molar-refractivity contribution in [3.8, 4) is 0 Å². The Morgan fingerprint density at radius 2 is 2.43 bits per heavy atom. The zero-order valence-electron chi connectivity index (χ0n) is 8.91.